The number of unbranched alkanes of at least 4 members (excludes halogenated alkanes) is 36. The summed E-state index contributed by atoms with van der Waals surface area (Å²) < 4.78 is 23.5. The topological polar surface area (TPSA) is 105 Å². The molecular formula is C52H106N2O6P+. The van der Waals surface area contributed by atoms with Gasteiger partial charge in [0.2, 0.25) is 5.91 Å². The lowest BCUT2D eigenvalue weighted by molar-refractivity contribution is -0.870. The number of rotatable bonds is 49. The number of aliphatic hydroxyl groups is 1. The monoisotopic (exact) mass is 886 g/mol. The van der Waals surface area contributed by atoms with Gasteiger partial charge < -0.3 is 19.8 Å². The number of quaternary nitrogens is 1. The zero-order chi connectivity index (χ0) is 45.0. The van der Waals surface area contributed by atoms with Crippen molar-refractivity contribution in [2.24, 2.45) is 0 Å². The van der Waals surface area contributed by atoms with Gasteiger partial charge in [0.05, 0.1) is 39.9 Å². The van der Waals surface area contributed by atoms with Crippen molar-refractivity contribution in [2.45, 2.75) is 276 Å². The van der Waals surface area contributed by atoms with Crippen LogP contribution in [-0.2, 0) is 18.4 Å². The first kappa shape index (κ1) is 60.2. The maximum absolute atomic E-state index is 12.8. The second-order valence-electron chi connectivity index (χ2n) is 19.6. The molecule has 8 nitrogen and oxygen atoms in total. The number of hydrogen-bond acceptors (Lipinski definition) is 5. The van der Waals surface area contributed by atoms with Crippen LogP contribution in [0.15, 0.2) is 12.2 Å². The number of carbonyl (C=O) groups is 1. The van der Waals surface area contributed by atoms with Crippen molar-refractivity contribution in [1.29, 1.82) is 0 Å². The van der Waals surface area contributed by atoms with Gasteiger partial charge >= 0.3 is 7.82 Å². The molecule has 0 aromatic heterocycles. The first-order valence-electron chi connectivity index (χ1n) is 26.6. The lowest BCUT2D eigenvalue weighted by Gasteiger charge is -2.25. The van der Waals surface area contributed by atoms with E-state index in [0.29, 0.717) is 17.4 Å². The number of nitrogens with one attached hydrogen (secondary N) is 1. The van der Waals surface area contributed by atoms with Crippen LogP contribution in [-0.4, -0.2) is 73.4 Å². The quantitative estimate of drug-likeness (QED) is 0.0243. The summed E-state index contributed by atoms with van der Waals surface area (Å²) in [6.45, 7) is 4.79. The zero-order valence-electron chi connectivity index (χ0n) is 41.4. The Balaban J connectivity index is 3.91. The summed E-state index contributed by atoms with van der Waals surface area (Å²) in [5.41, 5.74) is 0. The molecule has 0 aliphatic carbocycles. The highest BCUT2D eigenvalue weighted by molar-refractivity contribution is 7.47. The number of aliphatic hydroxyl groups excluding tert-OH is 1. The van der Waals surface area contributed by atoms with Crippen LogP contribution < -0.4 is 5.32 Å². The van der Waals surface area contributed by atoms with Crippen molar-refractivity contribution in [3.63, 3.8) is 0 Å². The predicted molar refractivity (Wildman–Crippen MR) is 263 cm³/mol. The number of amides is 1. The van der Waals surface area contributed by atoms with Gasteiger partial charge in [-0.1, -0.05) is 251 Å². The number of phosphoric acid groups is 1. The Morgan fingerprint density at radius 3 is 1.21 bits per heavy atom. The van der Waals surface area contributed by atoms with Crippen molar-refractivity contribution in [2.75, 3.05) is 40.9 Å². The molecule has 364 valence electrons. The Morgan fingerprint density at radius 1 is 0.541 bits per heavy atom. The minimum Gasteiger partial charge on any atom is -0.387 e. The van der Waals surface area contributed by atoms with E-state index in [2.05, 4.69) is 19.2 Å². The van der Waals surface area contributed by atoms with Gasteiger partial charge in [-0.3, -0.25) is 13.8 Å². The highest BCUT2D eigenvalue weighted by atomic mass is 31.2. The molecule has 61 heavy (non-hydrogen) atoms. The van der Waals surface area contributed by atoms with E-state index in [1.807, 2.05) is 27.2 Å². The van der Waals surface area contributed by atoms with Crippen molar-refractivity contribution in [1.82, 2.24) is 5.32 Å². The highest BCUT2D eigenvalue weighted by Crippen LogP contribution is 2.43. The van der Waals surface area contributed by atoms with Crippen LogP contribution in [0.4, 0.5) is 0 Å². The van der Waals surface area contributed by atoms with Gasteiger partial charge in [0.15, 0.2) is 0 Å². The van der Waals surface area contributed by atoms with E-state index < -0.39 is 20.0 Å². The van der Waals surface area contributed by atoms with Crippen LogP contribution in [0, 0.1) is 0 Å². The van der Waals surface area contributed by atoms with Crippen LogP contribution >= 0.6 is 7.82 Å². The number of carbonyl (C=O) groups excluding carboxylic acids is 1. The Morgan fingerprint density at radius 2 is 0.869 bits per heavy atom. The smallest absolute Gasteiger partial charge is 0.387 e. The lowest BCUT2D eigenvalue weighted by Crippen LogP contribution is -2.45. The average Bonchev–Trinajstić information content (AvgIpc) is 3.21. The van der Waals surface area contributed by atoms with Crippen LogP contribution in [0.2, 0.25) is 0 Å². The summed E-state index contributed by atoms with van der Waals surface area (Å²) in [4.78, 5) is 23.0. The molecule has 9 heteroatoms. The van der Waals surface area contributed by atoms with Crippen molar-refractivity contribution in [3.05, 3.63) is 12.2 Å². The zero-order valence-corrected chi connectivity index (χ0v) is 42.3. The Hall–Kier alpha value is -0.760. The third-order valence-corrected chi connectivity index (χ3v) is 13.2. The van der Waals surface area contributed by atoms with Gasteiger partial charge in [-0.2, -0.15) is 0 Å². The van der Waals surface area contributed by atoms with E-state index in [4.69, 9.17) is 9.05 Å². The molecule has 0 spiro atoms. The third-order valence-electron chi connectivity index (χ3n) is 12.3. The molecule has 3 unspecified atom stereocenters. The van der Waals surface area contributed by atoms with Crippen molar-refractivity contribution >= 4 is 13.7 Å². The average molecular weight is 886 g/mol. The molecule has 1 amide bonds. The fourth-order valence-corrected chi connectivity index (χ4v) is 8.78. The Bertz CT molecular complexity index is 1000. The summed E-state index contributed by atoms with van der Waals surface area (Å²) >= 11 is 0. The fraction of sp³-hybridized carbons (Fsp3) is 0.942. The summed E-state index contributed by atoms with van der Waals surface area (Å²) in [6, 6.07) is -0.839. The molecule has 3 atom stereocenters. The van der Waals surface area contributed by atoms with E-state index in [0.717, 1.165) is 32.1 Å². The molecule has 0 bridgehead atoms. The third kappa shape index (κ3) is 47.0. The number of hydrogen-bond donors (Lipinski definition) is 3. The fourth-order valence-electron chi connectivity index (χ4n) is 8.04. The molecule has 0 saturated carbocycles. The second kappa shape index (κ2) is 44.4. The maximum atomic E-state index is 12.8. The summed E-state index contributed by atoms with van der Waals surface area (Å²) in [5.74, 6) is -0.181. The minimum atomic E-state index is -4.33. The molecule has 0 aliphatic heterocycles. The van der Waals surface area contributed by atoms with Crippen LogP contribution in [0.5, 0.6) is 0 Å². The SMILES string of the molecule is CCCCCCCCCCCCCCCCCCCCCCCCCCCCCCCC/C=C/C(O)C(COP(=O)(O)OCC[N+](C)(C)C)NC(=O)CCCCCCCCC. The molecule has 0 radical (unpaired) electrons. The molecule has 0 fully saturated rings. The van der Waals surface area contributed by atoms with Gasteiger partial charge in [0, 0.05) is 6.42 Å². The summed E-state index contributed by atoms with van der Waals surface area (Å²) in [6.07, 6.45) is 53.5. The van der Waals surface area contributed by atoms with Gasteiger partial charge in [-0.25, -0.2) is 4.57 Å². The molecule has 0 aliphatic rings. The lowest BCUT2D eigenvalue weighted by atomic mass is 10.0. The first-order chi connectivity index (χ1) is 29.5. The minimum absolute atomic E-state index is 0.0642. The number of likely N-dealkylation sites (N-methyl/N-ethyl adjacent to an activating group) is 1. The second-order valence-corrected chi connectivity index (χ2v) is 21.1. The summed E-state index contributed by atoms with van der Waals surface area (Å²) in [7, 11) is 1.58. The van der Waals surface area contributed by atoms with Crippen LogP contribution in [0.25, 0.3) is 0 Å². The van der Waals surface area contributed by atoms with Crippen molar-refractivity contribution in [3.8, 4) is 0 Å². The standard InChI is InChI=1S/C52H105N2O6P/c1-6-8-10-12-14-15-16-17-18-19-20-21-22-23-24-25-26-27-28-29-30-31-32-33-34-35-36-37-38-40-41-43-45-51(55)50(49-60-61(57,58)59-48-47-54(3,4)5)53-52(56)46-44-42-39-13-11-9-7-2/h43,45,50-51,55H,6-42,44,46-49H2,1-5H3,(H-,53,56,57,58)/p+1/b45-43+. The largest absolute Gasteiger partial charge is 0.472 e. The molecule has 0 heterocycles. The Kier molecular flexibility index (Phi) is 43.9. The van der Waals surface area contributed by atoms with E-state index in [1.54, 1.807) is 6.08 Å². The molecular weight excluding hydrogens is 780 g/mol. The van der Waals surface area contributed by atoms with Gasteiger partial charge in [0.25, 0.3) is 0 Å². The first-order valence-corrected chi connectivity index (χ1v) is 28.1. The van der Waals surface area contributed by atoms with Crippen LogP contribution in [0.3, 0.4) is 0 Å². The highest BCUT2D eigenvalue weighted by Gasteiger charge is 2.27. The normalized spacial score (nSPS) is 14.1. The van der Waals surface area contributed by atoms with Gasteiger partial charge in [-0.05, 0) is 19.3 Å². The molecule has 3 N–H and O–H groups in total. The van der Waals surface area contributed by atoms with E-state index in [9.17, 15) is 19.4 Å². The van der Waals surface area contributed by atoms with E-state index in [1.165, 1.54) is 212 Å². The van der Waals surface area contributed by atoms with Gasteiger partial charge in [0.1, 0.15) is 13.2 Å². The number of phosphoric ester groups is 1. The van der Waals surface area contributed by atoms with Crippen molar-refractivity contribution < 1.29 is 32.9 Å². The molecule has 0 rings (SSSR count). The molecule has 0 aromatic carbocycles. The van der Waals surface area contributed by atoms with Gasteiger partial charge in [-0.15, -0.1) is 0 Å². The predicted octanol–water partition coefficient (Wildman–Crippen LogP) is 15.5. The van der Waals surface area contributed by atoms with E-state index in [-0.39, 0.29) is 19.1 Å². The maximum Gasteiger partial charge on any atom is 0.472 e. The number of nitrogens with zero attached hydrogens (tertiary/aromatic N) is 1. The van der Waals surface area contributed by atoms with E-state index >= 15 is 0 Å². The molecule has 0 saturated heterocycles. The Labute approximate surface area is 380 Å². The number of allylic oxidation sites excluding steroid dienone is 1. The summed E-state index contributed by atoms with van der Waals surface area (Å²) in [5, 5.41) is 13.8. The van der Waals surface area contributed by atoms with Crippen LogP contribution in [0.1, 0.15) is 264 Å². The molecule has 0 aromatic rings.